The number of piperidine rings is 1. The van der Waals surface area contributed by atoms with E-state index in [0.29, 0.717) is 24.2 Å². The van der Waals surface area contributed by atoms with Gasteiger partial charge in [-0.05, 0) is 37.6 Å². The Labute approximate surface area is 138 Å². The van der Waals surface area contributed by atoms with Crippen molar-refractivity contribution < 1.29 is 24.6 Å². The van der Waals surface area contributed by atoms with Crippen LogP contribution in [-0.4, -0.2) is 64.3 Å². The van der Waals surface area contributed by atoms with Gasteiger partial charge in [0.2, 0.25) is 5.91 Å². The number of carbonyl (C=O) groups excluding carboxylic acids is 3. The number of likely N-dealkylation sites (tertiary alicyclic amines) is 1. The fourth-order valence-electron chi connectivity index (χ4n) is 2.83. The molecule has 24 heavy (non-hydrogen) atoms. The van der Waals surface area contributed by atoms with Gasteiger partial charge in [-0.3, -0.25) is 19.8 Å². The average Bonchev–Trinajstić information content (AvgIpc) is 2.88. The van der Waals surface area contributed by atoms with Crippen molar-refractivity contribution in [3.05, 3.63) is 29.8 Å². The zero-order valence-corrected chi connectivity index (χ0v) is 13.2. The monoisotopic (exact) mass is 333 g/mol. The topological polar surface area (TPSA) is 110 Å². The number of urea groups is 1. The van der Waals surface area contributed by atoms with E-state index in [9.17, 15) is 24.6 Å². The van der Waals surface area contributed by atoms with Crippen molar-refractivity contribution in [2.24, 2.45) is 0 Å². The Balaban J connectivity index is 1.71. The number of benzene rings is 1. The van der Waals surface area contributed by atoms with Crippen LogP contribution >= 0.6 is 0 Å². The predicted octanol–water partition coefficient (Wildman–Crippen LogP) is -0.299. The van der Waals surface area contributed by atoms with Crippen molar-refractivity contribution in [3.8, 4) is 0 Å². The Kier molecular flexibility index (Phi) is 4.02. The number of hydrogen-bond donors (Lipinski definition) is 3. The molecule has 1 aromatic rings. The second kappa shape index (κ2) is 5.88. The van der Waals surface area contributed by atoms with Gasteiger partial charge in [-0.2, -0.15) is 0 Å². The molecule has 3 rings (SSSR count). The second-order valence-electron chi connectivity index (χ2n) is 6.36. The first-order valence-electron chi connectivity index (χ1n) is 7.69. The van der Waals surface area contributed by atoms with Crippen LogP contribution in [0.15, 0.2) is 24.3 Å². The zero-order chi connectivity index (χ0) is 17.5. The van der Waals surface area contributed by atoms with Crippen LogP contribution in [0.3, 0.4) is 0 Å². The van der Waals surface area contributed by atoms with Crippen molar-refractivity contribution in [1.82, 2.24) is 10.2 Å². The number of nitrogens with one attached hydrogen (secondary N) is 1. The Morgan fingerprint density at radius 1 is 1.29 bits per heavy atom. The van der Waals surface area contributed by atoms with E-state index >= 15 is 0 Å². The van der Waals surface area contributed by atoms with E-state index in [2.05, 4.69) is 5.32 Å². The molecule has 128 valence electrons. The largest absolute Gasteiger partial charge is 0.388 e. The predicted molar refractivity (Wildman–Crippen MR) is 84.5 cm³/mol. The van der Waals surface area contributed by atoms with Crippen molar-refractivity contribution in [2.45, 2.75) is 25.0 Å². The van der Waals surface area contributed by atoms with Crippen LogP contribution in [0.25, 0.3) is 0 Å². The molecule has 3 N–H and O–H groups in total. The molecule has 2 saturated heterocycles. The van der Waals surface area contributed by atoms with E-state index in [1.165, 1.54) is 9.80 Å². The molecular formula is C16H19N3O5. The quantitative estimate of drug-likeness (QED) is 0.644. The molecule has 2 aliphatic heterocycles. The smallest absolute Gasteiger partial charge is 0.329 e. The standard InChI is InChI=1S/C16H19N3O5/c1-16(24)6-7-18(8-12(16)20)14(22)10-2-4-11(5-3-10)19-9-13(21)17-15(19)23/h2-5,12,20,24H,6-9H2,1H3,(H,17,21,23)/t12-,16-/m1/s1. The number of rotatable bonds is 2. The number of aliphatic hydroxyl groups is 2. The number of nitrogens with zero attached hydrogens (tertiary/aromatic N) is 2. The van der Waals surface area contributed by atoms with Crippen molar-refractivity contribution in [1.29, 1.82) is 0 Å². The first kappa shape index (κ1) is 16.4. The summed E-state index contributed by atoms with van der Waals surface area (Å²) in [7, 11) is 0. The highest BCUT2D eigenvalue weighted by atomic mass is 16.3. The normalized spacial score (nSPS) is 27.4. The molecular weight excluding hydrogens is 314 g/mol. The Morgan fingerprint density at radius 2 is 1.96 bits per heavy atom. The van der Waals surface area contributed by atoms with Gasteiger partial charge in [-0.25, -0.2) is 4.79 Å². The van der Waals surface area contributed by atoms with Crippen LogP contribution in [0.1, 0.15) is 23.7 Å². The van der Waals surface area contributed by atoms with Crippen LogP contribution in [0.2, 0.25) is 0 Å². The molecule has 1 aromatic carbocycles. The van der Waals surface area contributed by atoms with Crippen molar-refractivity contribution in [2.75, 3.05) is 24.5 Å². The summed E-state index contributed by atoms with van der Waals surface area (Å²) in [5.74, 6) is -0.618. The number of imide groups is 1. The lowest BCUT2D eigenvalue weighted by Gasteiger charge is -2.39. The lowest BCUT2D eigenvalue weighted by Crippen LogP contribution is -2.55. The molecule has 2 atom stereocenters. The first-order chi connectivity index (χ1) is 11.3. The van der Waals surface area contributed by atoms with Crippen LogP contribution < -0.4 is 10.2 Å². The maximum atomic E-state index is 12.5. The molecule has 2 fully saturated rings. The second-order valence-corrected chi connectivity index (χ2v) is 6.36. The van der Waals surface area contributed by atoms with E-state index in [4.69, 9.17) is 0 Å². The summed E-state index contributed by atoms with van der Waals surface area (Å²) in [5.41, 5.74) is -0.244. The van der Waals surface area contributed by atoms with Gasteiger partial charge in [-0.1, -0.05) is 0 Å². The Hall–Kier alpha value is -2.45. The molecule has 8 nitrogen and oxygen atoms in total. The molecule has 0 spiro atoms. The van der Waals surface area contributed by atoms with Gasteiger partial charge in [0.25, 0.3) is 5.91 Å². The molecule has 0 aromatic heterocycles. The first-order valence-corrected chi connectivity index (χ1v) is 7.69. The van der Waals surface area contributed by atoms with E-state index in [-0.39, 0.29) is 24.9 Å². The highest BCUT2D eigenvalue weighted by Crippen LogP contribution is 2.24. The fraction of sp³-hybridized carbons (Fsp3) is 0.438. The van der Waals surface area contributed by atoms with Gasteiger partial charge < -0.3 is 15.1 Å². The molecule has 2 aliphatic rings. The number of anilines is 1. The molecule has 0 saturated carbocycles. The van der Waals surface area contributed by atoms with Gasteiger partial charge in [0.05, 0.1) is 11.7 Å². The van der Waals surface area contributed by atoms with Gasteiger partial charge in [0.15, 0.2) is 0 Å². The highest BCUT2D eigenvalue weighted by Gasteiger charge is 2.38. The Morgan fingerprint density at radius 3 is 2.50 bits per heavy atom. The van der Waals surface area contributed by atoms with E-state index in [1.54, 1.807) is 31.2 Å². The number of β-amino-alcohol motifs (C(OH)–C–C–N with tert-alkyl or cyclic N) is 1. The third-order valence-corrected chi connectivity index (χ3v) is 4.51. The maximum absolute atomic E-state index is 12.5. The summed E-state index contributed by atoms with van der Waals surface area (Å²) in [6.45, 7) is 1.93. The molecule has 0 aliphatic carbocycles. The highest BCUT2D eigenvalue weighted by molar-refractivity contribution is 6.12. The van der Waals surface area contributed by atoms with E-state index in [0.717, 1.165) is 0 Å². The van der Waals surface area contributed by atoms with Gasteiger partial charge in [0.1, 0.15) is 6.54 Å². The summed E-state index contributed by atoms with van der Waals surface area (Å²) >= 11 is 0. The molecule has 0 unspecified atom stereocenters. The lowest BCUT2D eigenvalue weighted by molar-refractivity contribution is -0.117. The summed E-state index contributed by atoms with van der Waals surface area (Å²) in [5, 5.41) is 22.1. The number of amides is 4. The van der Waals surface area contributed by atoms with Crippen molar-refractivity contribution in [3.63, 3.8) is 0 Å². The Bertz CT molecular complexity index is 685. The van der Waals surface area contributed by atoms with Crippen LogP contribution in [0.5, 0.6) is 0 Å². The minimum absolute atomic E-state index is 0.0421. The SMILES string of the molecule is C[C@@]1(O)CCN(C(=O)c2ccc(N3CC(=O)NC3=O)cc2)C[C@H]1O. The lowest BCUT2D eigenvalue weighted by atomic mass is 9.90. The summed E-state index contributed by atoms with van der Waals surface area (Å²) in [6, 6.07) is 5.87. The number of aliphatic hydroxyl groups excluding tert-OH is 1. The summed E-state index contributed by atoms with van der Waals surface area (Å²) in [6.07, 6.45) is -0.692. The van der Waals surface area contributed by atoms with E-state index < -0.39 is 17.7 Å². The minimum atomic E-state index is -1.18. The third-order valence-electron chi connectivity index (χ3n) is 4.51. The van der Waals surface area contributed by atoms with Crippen molar-refractivity contribution >= 4 is 23.5 Å². The van der Waals surface area contributed by atoms with Crippen LogP contribution in [-0.2, 0) is 4.79 Å². The number of hydrogen-bond acceptors (Lipinski definition) is 5. The van der Waals surface area contributed by atoms with Crippen LogP contribution in [0.4, 0.5) is 10.5 Å². The fourth-order valence-corrected chi connectivity index (χ4v) is 2.83. The molecule has 4 amide bonds. The summed E-state index contributed by atoms with van der Waals surface area (Å²) < 4.78 is 0. The van der Waals surface area contributed by atoms with E-state index in [1.807, 2.05) is 0 Å². The zero-order valence-electron chi connectivity index (χ0n) is 13.2. The van der Waals surface area contributed by atoms with Gasteiger partial charge >= 0.3 is 6.03 Å². The number of carbonyl (C=O) groups is 3. The van der Waals surface area contributed by atoms with Gasteiger partial charge in [-0.15, -0.1) is 0 Å². The molecule has 2 heterocycles. The summed E-state index contributed by atoms with van der Waals surface area (Å²) in [4.78, 5) is 38.1. The third kappa shape index (κ3) is 2.98. The van der Waals surface area contributed by atoms with Crippen LogP contribution in [0, 0.1) is 0 Å². The minimum Gasteiger partial charge on any atom is -0.388 e. The van der Waals surface area contributed by atoms with Gasteiger partial charge in [0, 0.05) is 24.3 Å². The molecule has 8 heteroatoms. The molecule has 0 bridgehead atoms. The average molecular weight is 333 g/mol. The maximum Gasteiger partial charge on any atom is 0.329 e. The molecule has 0 radical (unpaired) electrons.